The molecule has 106 valence electrons. The van der Waals surface area contributed by atoms with Gasteiger partial charge < -0.3 is 15.9 Å². The van der Waals surface area contributed by atoms with Crippen molar-refractivity contribution in [3.8, 4) is 6.07 Å². The van der Waals surface area contributed by atoms with Crippen molar-refractivity contribution < 1.29 is 19.8 Å². The van der Waals surface area contributed by atoms with Gasteiger partial charge in [-0.15, -0.1) is 0 Å². The van der Waals surface area contributed by atoms with E-state index in [-0.39, 0.29) is 30.3 Å². The molecule has 1 saturated carbocycles. The molecule has 1 aliphatic carbocycles. The van der Waals surface area contributed by atoms with E-state index in [1.54, 1.807) is 0 Å². The fourth-order valence-electron chi connectivity index (χ4n) is 2.69. The van der Waals surface area contributed by atoms with Crippen LogP contribution in [0.2, 0.25) is 0 Å². The van der Waals surface area contributed by atoms with Crippen molar-refractivity contribution in [3.05, 3.63) is 11.8 Å². The highest BCUT2D eigenvalue weighted by Crippen LogP contribution is 2.38. The summed E-state index contributed by atoms with van der Waals surface area (Å²) in [5.41, 5.74) is 6.01. The minimum atomic E-state index is -1.13. The normalized spacial score (nSPS) is 25.9. The molecule has 20 heavy (non-hydrogen) atoms. The number of hydrogen-bond acceptors (Lipinski definition) is 5. The molecule has 3 unspecified atom stereocenters. The van der Waals surface area contributed by atoms with Gasteiger partial charge in [0.1, 0.15) is 17.5 Å². The van der Waals surface area contributed by atoms with E-state index >= 15 is 0 Å². The summed E-state index contributed by atoms with van der Waals surface area (Å²) in [6.45, 7) is 0. The number of carbonyl (C=O) groups is 2. The summed E-state index contributed by atoms with van der Waals surface area (Å²) in [5, 5.41) is 31.1. The molecule has 2 rings (SSSR count). The molecule has 1 aromatic heterocycles. The fraction of sp³-hybridized carbons (Fsp3) is 0.500. The van der Waals surface area contributed by atoms with E-state index < -0.39 is 23.8 Å². The predicted octanol–water partition coefficient (Wildman–Crippen LogP) is 0.464. The second-order valence-electron chi connectivity index (χ2n) is 4.86. The van der Waals surface area contributed by atoms with Crippen molar-refractivity contribution in [2.45, 2.75) is 25.3 Å². The third-order valence-corrected chi connectivity index (χ3v) is 3.76. The number of hydrogen-bond donors (Lipinski definition) is 3. The SMILES string of the molecule is N#Cc1cnn(C2CCC(C(=O)O)C(C(=O)O)C2)c1N. The first kappa shape index (κ1) is 13.9. The average Bonchev–Trinajstić information content (AvgIpc) is 2.78. The van der Waals surface area contributed by atoms with E-state index in [9.17, 15) is 9.59 Å². The average molecular weight is 278 g/mol. The quantitative estimate of drug-likeness (QED) is 0.728. The number of aromatic nitrogens is 2. The molecular formula is C12H14N4O4. The third kappa shape index (κ3) is 2.30. The van der Waals surface area contributed by atoms with Crippen LogP contribution in [0.3, 0.4) is 0 Å². The largest absolute Gasteiger partial charge is 0.481 e. The number of carboxylic acid groups (broad SMARTS) is 2. The molecular weight excluding hydrogens is 264 g/mol. The van der Waals surface area contributed by atoms with Gasteiger partial charge in [0.2, 0.25) is 0 Å². The summed E-state index contributed by atoms with van der Waals surface area (Å²) in [4.78, 5) is 22.3. The lowest BCUT2D eigenvalue weighted by Crippen LogP contribution is -2.36. The Hall–Kier alpha value is -2.56. The second-order valence-corrected chi connectivity index (χ2v) is 4.86. The maximum atomic E-state index is 11.2. The molecule has 0 radical (unpaired) electrons. The van der Waals surface area contributed by atoms with E-state index in [2.05, 4.69) is 5.10 Å². The minimum absolute atomic E-state index is 0.142. The molecule has 0 aliphatic heterocycles. The van der Waals surface area contributed by atoms with Crippen molar-refractivity contribution in [3.63, 3.8) is 0 Å². The highest BCUT2D eigenvalue weighted by atomic mass is 16.4. The van der Waals surface area contributed by atoms with Crippen LogP contribution in [0.1, 0.15) is 30.9 Å². The molecule has 1 aromatic rings. The number of nitrogens with two attached hydrogens (primary N) is 1. The molecule has 1 aliphatic rings. The highest BCUT2D eigenvalue weighted by molar-refractivity contribution is 5.80. The second kappa shape index (κ2) is 5.21. The van der Waals surface area contributed by atoms with Gasteiger partial charge in [-0.05, 0) is 19.3 Å². The molecule has 4 N–H and O–H groups in total. The first-order chi connectivity index (χ1) is 9.45. The number of carboxylic acids is 2. The van der Waals surface area contributed by atoms with Gasteiger partial charge >= 0.3 is 11.9 Å². The van der Waals surface area contributed by atoms with Crippen molar-refractivity contribution in [2.75, 3.05) is 5.73 Å². The Kier molecular flexibility index (Phi) is 3.61. The first-order valence-corrected chi connectivity index (χ1v) is 6.14. The Morgan fingerprint density at radius 3 is 2.50 bits per heavy atom. The van der Waals surface area contributed by atoms with Gasteiger partial charge in [0.05, 0.1) is 24.1 Å². The van der Waals surface area contributed by atoms with Crippen LogP contribution in [0.5, 0.6) is 0 Å². The molecule has 0 bridgehead atoms. The van der Waals surface area contributed by atoms with Gasteiger partial charge in [-0.1, -0.05) is 0 Å². The molecule has 1 heterocycles. The van der Waals surface area contributed by atoms with Crippen LogP contribution in [0.25, 0.3) is 0 Å². The fourth-order valence-corrected chi connectivity index (χ4v) is 2.69. The number of rotatable bonds is 3. The van der Waals surface area contributed by atoms with Crippen LogP contribution < -0.4 is 5.73 Å². The van der Waals surface area contributed by atoms with E-state index in [1.165, 1.54) is 10.9 Å². The van der Waals surface area contributed by atoms with E-state index in [0.29, 0.717) is 6.42 Å². The monoisotopic (exact) mass is 278 g/mol. The third-order valence-electron chi connectivity index (χ3n) is 3.76. The van der Waals surface area contributed by atoms with Gasteiger partial charge in [0, 0.05) is 0 Å². The minimum Gasteiger partial charge on any atom is -0.481 e. The van der Waals surface area contributed by atoms with Crippen LogP contribution >= 0.6 is 0 Å². The number of anilines is 1. The molecule has 0 saturated heterocycles. The number of nitrogens with zero attached hydrogens (tertiary/aromatic N) is 3. The molecule has 8 nitrogen and oxygen atoms in total. The Morgan fingerprint density at radius 1 is 1.35 bits per heavy atom. The zero-order valence-corrected chi connectivity index (χ0v) is 10.6. The lowest BCUT2D eigenvalue weighted by molar-refractivity contribution is -0.156. The Labute approximate surface area is 114 Å². The molecule has 0 spiro atoms. The van der Waals surface area contributed by atoms with Crippen LogP contribution in [-0.4, -0.2) is 31.9 Å². The molecule has 8 heteroatoms. The van der Waals surface area contributed by atoms with E-state index in [0.717, 1.165) is 0 Å². The molecule has 3 atom stereocenters. The standard InChI is InChI=1S/C12H14N4O4/c13-4-6-5-15-16(10(6)14)7-1-2-8(11(17)18)9(3-7)12(19)20/h5,7-9H,1-3,14H2,(H,17,18)(H,19,20). The summed E-state index contributed by atoms with van der Waals surface area (Å²) >= 11 is 0. The predicted molar refractivity (Wildman–Crippen MR) is 66.5 cm³/mol. The van der Waals surface area contributed by atoms with Gasteiger partial charge in [0.15, 0.2) is 0 Å². The zero-order chi connectivity index (χ0) is 14.9. The number of nitriles is 1. The smallest absolute Gasteiger partial charge is 0.307 e. The van der Waals surface area contributed by atoms with Gasteiger partial charge in [0.25, 0.3) is 0 Å². The number of aliphatic carboxylic acids is 2. The van der Waals surface area contributed by atoms with Crippen LogP contribution in [0.15, 0.2) is 6.20 Å². The van der Waals surface area contributed by atoms with Crippen LogP contribution in [0, 0.1) is 23.2 Å². The molecule has 1 fully saturated rings. The van der Waals surface area contributed by atoms with Gasteiger partial charge in [-0.25, -0.2) is 4.68 Å². The van der Waals surface area contributed by atoms with Gasteiger partial charge in [-0.2, -0.15) is 10.4 Å². The molecule has 0 aromatic carbocycles. The maximum absolute atomic E-state index is 11.2. The topological polar surface area (TPSA) is 142 Å². The Balaban J connectivity index is 2.24. The van der Waals surface area contributed by atoms with E-state index in [1.807, 2.05) is 6.07 Å². The highest BCUT2D eigenvalue weighted by Gasteiger charge is 2.40. The Morgan fingerprint density at radius 2 is 2.00 bits per heavy atom. The summed E-state index contributed by atoms with van der Waals surface area (Å²) in [7, 11) is 0. The van der Waals surface area contributed by atoms with Crippen LogP contribution in [-0.2, 0) is 9.59 Å². The maximum Gasteiger partial charge on any atom is 0.307 e. The van der Waals surface area contributed by atoms with Crippen molar-refractivity contribution >= 4 is 17.8 Å². The van der Waals surface area contributed by atoms with Crippen molar-refractivity contribution in [1.82, 2.24) is 9.78 Å². The zero-order valence-electron chi connectivity index (χ0n) is 10.6. The Bertz CT molecular complexity index is 589. The summed E-state index contributed by atoms with van der Waals surface area (Å²) in [5.74, 6) is -3.90. The summed E-state index contributed by atoms with van der Waals surface area (Å²) < 4.78 is 1.42. The molecule has 0 amide bonds. The van der Waals surface area contributed by atoms with Crippen molar-refractivity contribution in [2.24, 2.45) is 11.8 Å². The van der Waals surface area contributed by atoms with Crippen molar-refractivity contribution in [1.29, 1.82) is 5.26 Å². The first-order valence-electron chi connectivity index (χ1n) is 6.14. The van der Waals surface area contributed by atoms with Gasteiger partial charge in [-0.3, -0.25) is 9.59 Å². The number of nitrogen functional groups attached to an aromatic ring is 1. The lowest BCUT2D eigenvalue weighted by atomic mass is 9.77. The summed E-state index contributed by atoms with van der Waals surface area (Å²) in [6, 6.07) is 1.60. The van der Waals surface area contributed by atoms with Crippen LogP contribution in [0.4, 0.5) is 5.82 Å². The summed E-state index contributed by atoms with van der Waals surface area (Å²) in [6.07, 6.45) is 2.19. The lowest BCUT2D eigenvalue weighted by Gasteiger charge is -2.31. The van der Waals surface area contributed by atoms with E-state index in [4.69, 9.17) is 21.2 Å².